The van der Waals surface area contributed by atoms with Gasteiger partial charge in [-0.25, -0.2) is 0 Å². The molecule has 0 atom stereocenters. The van der Waals surface area contributed by atoms with Gasteiger partial charge < -0.3 is 14.8 Å². The molecule has 0 radical (unpaired) electrons. The number of ether oxygens (including phenoxy) is 2. The highest BCUT2D eigenvalue weighted by atomic mass is 127. The van der Waals surface area contributed by atoms with Crippen molar-refractivity contribution in [1.29, 1.82) is 0 Å². The molecule has 2 aromatic carbocycles. The van der Waals surface area contributed by atoms with E-state index in [2.05, 4.69) is 52.2 Å². The van der Waals surface area contributed by atoms with Gasteiger partial charge in [-0.2, -0.15) is 0 Å². The molecule has 3 nitrogen and oxygen atoms in total. The van der Waals surface area contributed by atoms with Crippen LogP contribution < -0.4 is 14.8 Å². The van der Waals surface area contributed by atoms with Crippen LogP contribution in [0.4, 0.5) is 0 Å². The first-order valence-corrected chi connectivity index (χ1v) is 10.1. The standard InChI is InChI=1S/C21H26INO2/c1-24-20-13-17(14-23-18-10-6-3-7-11-18)12-19(22)21(20)25-15-16-8-4-2-5-9-16/h2,4-5,8-9,12-13,18,23H,3,6-7,10-11,14-15H2,1H3. The predicted octanol–water partition coefficient (Wildman–Crippen LogP) is 5.30. The highest BCUT2D eigenvalue weighted by Crippen LogP contribution is 2.34. The van der Waals surface area contributed by atoms with Crippen molar-refractivity contribution in [3.8, 4) is 11.5 Å². The molecule has 2 aromatic rings. The molecule has 25 heavy (non-hydrogen) atoms. The number of methoxy groups -OCH3 is 1. The van der Waals surface area contributed by atoms with E-state index in [9.17, 15) is 0 Å². The van der Waals surface area contributed by atoms with Crippen LogP contribution in [0.1, 0.15) is 43.2 Å². The summed E-state index contributed by atoms with van der Waals surface area (Å²) >= 11 is 2.34. The van der Waals surface area contributed by atoms with Gasteiger partial charge in [-0.15, -0.1) is 0 Å². The molecular weight excluding hydrogens is 425 g/mol. The molecule has 0 saturated heterocycles. The second-order valence-electron chi connectivity index (χ2n) is 6.60. The molecule has 0 heterocycles. The van der Waals surface area contributed by atoms with Crippen molar-refractivity contribution in [1.82, 2.24) is 5.32 Å². The zero-order valence-corrected chi connectivity index (χ0v) is 16.9. The van der Waals surface area contributed by atoms with Crippen LogP contribution in [0.2, 0.25) is 0 Å². The van der Waals surface area contributed by atoms with E-state index in [1.165, 1.54) is 37.7 Å². The van der Waals surface area contributed by atoms with Gasteiger partial charge in [0.25, 0.3) is 0 Å². The highest BCUT2D eigenvalue weighted by molar-refractivity contribution is 14.1. The Morgan fingerprint density at radius 1 is 1.04 bits per heavy atom. The second-order valence-corrected chi connectivity index (χ2v) is 7.76. The molecule has 1 fully saturated rings. The number of halogens is 1. The summed E-state index contributed by atoms with van der Waals surface area (Å²) in [6.45, 7) is 1.43. The van der Waals surface area contributed by atoms with E-state index >= 15 is 0 Å². The van der Waals surface area contributed by atoms with E-state index in [0.29, 0.717) is 12.6 Å². The average Bonchev–Trinajstić information content (AvgIpc) is 2.66. The van der Waals surface area contributed by atoms with E-state index in [1.807, 2.05) is 18.2 Å². The predicted molar refractivity (Wildman–Crippen MR) is 110 cm³/mol. The fraction of sp³-hybridized carbons (Fsp3) is 0.429. The van der Waals surface area contributed by atoms with Gasteiger partial charge in [0.15, 0.2) is 11.5 Å². The Bertz CT molecular complexity index is 669. The first-order chi connectivity index (χ1) is 12.3. The average molecular weight is 451 g/mol. The van der Waals surface area contributed by atoms with Crippen molar-refractivity contribution in [2.75, 3.05) is 7.11 Å². The Hall–Kier alpha value is -1.27. The lowest BCUT2D eigenvalue weighted by molar-refractivity contribution is 0.282. The Balaban J connectivity index is 1.65. The number of nitrogens with one attached hydrogen (secondary N) is 1. The molecule has 0 bridgehead atoms. The smallest absolute Gasteiger partial charge is 0.174 e. The van der Waals surface area contributed by atoms with E-state index < -0.39 is 0 Å². The van der Waals surface area contributed by atoms with Crippen molar-refractivity contribution in [3.63, 3.8) is 0 Å². The number of hydrogen-bond donors (Lipinski definition) is 1. The first kappa shape index (κ1) is 18.5. The van der Waals surface area contributed by atoms with Crippen molar-refractivity contribution >= 4 is 22.6 Å². The van der Waals surface area contributed by atoms with E-state index in [1.54, 1.807) is 7.11 Å². The lowest BCUT2D eigenvalue weighted by Gasteiger charge is -2.23. The Kier molecular flexibility index (Phi) is 6.99. The van der Waals surface area contributed by atoms with Gasteiger partial charge >= 0.3 is 0 Å². The quantitative estimate of drug-likeness (QED) is 0.580. The van der Waals surface area contributed by atoms with Gasteiger partial charge in [0, 0.05) is 12.6 Å². The molecular formula is C21H26INO2. The summed E-state index contributed by atoms with van der Waals surface area (Å²) in [5.41, 5.74) is 2.40. The molecule has 3 rings (SSSR count). The zero-order valence-electron chi connectivity index (χ0n) is 14.8. The summed E-state index contributed by atoms with van der Waals surface area (Å²) < 4.78 is 12.7. The summed E-state index contributed by atoms with van der Waals surface area (Å²) in [5.74, 6) is 1.64. The minimum atomic E-state index is 0.548. The molecule has 0 spiro atoms. The van der Waals surface area contributed by atoms with Crippen LogP contribution in [-0.4, -0.2) is 13.2 Å². The molecule has 0 aromatic heterocycles. The fourth-order valence-corrected chi connectivity index (χ4v) is 4.14. The molecule has 1 N–H and O–H groups in total. The van der Waals surface area contributed by atoms with Crippen LogP contribution in [0.15, 0.2) is 42.5 Å². The maximum Gasteiger partial charge on any atom is 0.174 e. The fourth-order valence-electron chi connectivity index (χ4n) is 3.31. The highest BCUT2D eigenvalue weighted by Gasteiger charge is 2.15. The third-order valence-corrected chi connectivity index (χ3v) is 5.52. The van der Waals surface area contributed by atoms with Crippen LogP contribution >= 0.6 is 22.6 Å². The summed E-state index contributed by atoms with van der Waals surface area (Å²) in [6.07, 6.45) is 6.69. The van der Waals surface area contributed by atoms with Gasteiger partial charge in [0.1, 0.15) is 6.61 Å². The van der Waals surface area contributed by atoms with Crippen molar-refractivity contribution in [2.45, 2.75) is 51.3 Å². The third kappa shape index (κ3) is 5.35. The minimum Gasteiger partial charge on any atom is -0.493 e. The van der Waals surface area contributed by atoms with Crippen LogP contribution in [0, 0.1) is 3.57 Å². The maximum absolute atomic E-state index is 6.04. The number of hydrogen-bond acceptors (Lipinski definition) is 3. The SMILES string of the molecule is COc1cc(CNC2CCCCC2)cc(I)c1OCc1ccccc1. The Labute approximate surface area is 164 Å². The van der Waals surface area contributed by atoms with Crippen molar-refractivity contribution in [3.05, 3.63) is 57.2 Å². The van der Waals surface area contributed by atoms with Gasteiger partial charge in [-0.1, -0.05) is 49.6 Å². The van der Waals surface area contributed by atoms with Gasteiger partial charge in [-0.05, 0) is 58.7 Å². The van der Waals surface area contributed by atoms with Crippen LogP contribution in [0.3, 0.4) is 0 Å². The molecule has 1 aliphatic rings. The van der Waals surface area contributed by atoms with Crippen LogP contribution in [0.25, 0.3) is 0 Å². The van der Waals surface area contributed by atoms with Gasteiger partial charge in [-0.3, -0.25) is 0 Å². The zero-order chi connectivity index (χ0) is 17.5. The van der Waals surface area contributed by atoms with Crippen molar-refractivity contribution < 1.29 is 9.47 Å². The number of benzene rings is 2. The molecule has 1 aliphatic carbocycles. The summed E-state index contributed by atoms with van der Waals surface area (Å²) in [7, 11) is 1.71. The maximum atomic E-state index is 6.04. The second kappa shape index (κ2) is 9.43. The van der Waals surface area contributed by atoms with Crippen LogP contribution in [-0.2, 0) is 13.2 Å². The monoisotopic (exact) mass is 451 g/mol. The Morgan fingerprint density at radius 3 is 2.52 bits per heavy atom. The largest absolute Gasteiger partial charge is 0.493 e. The first-order valence-electron chi connectivity index (χ1n) is 9.03. The van der Waals surface area contributed by atoms with E-state index in [4.69, 9.17) is 9.47 Å². The topological polar surface area (TPSA) is 30.5 Å². The van der Waals surface area contributed by atoms with Gasteiger partial charge in [0.05, 0.1) is 10.7 Å². The normalized spacial score (nSPS) is 15.1. The van der Waals surface area contributed by atoms with E-state index in [0.717, 1.165) is 27.2 Å². The Morgan fingerprint density at radius 2 is 1.80 bits per heavy atom. The van der Waals surface area contributed by atoms with Crippen molar-refractivity contribution in [2.24, 2.45) is 0 Å². The van der Waals surface area contributed by atoms with Gasteiger partial charge in [0.2, 0.25) is 0 Å². The summed E-state index contributed by atoms with van der Waals surface area (Å²) in [6, 6.07) is 15.2. The molecule has 4 heteroatoms. The molecule has 0 aliphatic heterocycles. The lowest BCUT2D eigenvalue weighted by Crippen LogP contribution is -2.30. The lowest BCUT2D eigenvalue weighted by atomic mass is 9.95. The molecule has 134 valence electrons. The third-order valence-electron chi connectivity index (χ3n) is 4.72. The summed E-state index contributed by atoms with van der Waals surface area (Å²) in [5, 5.41) is 3.69. The van der Waals surface area contributed by atoms with E-state index in [-0.39, 0.29) is 0 Å². The molecule has 0 amide bonds. The van der Waals surface area contributed by atoms with Crippen LogP contribution in [0.5, 0.6) is 11.5 Å². The minimum absolute atomic E-state index is 0.548. The summed E-state index contributed by atoms with van der Waals surface area (Å²) in [4.78, 5) is 0. The molecule has 0 unspecified atom stereocenters. The molecule has 1 saturated carbocycles. The number of rotatable bonds is 7.